The van der Waals surface area contributed by atoms with Crippen LogP contribution in [0.3, 0.4) is 0 Å². The average Bonchev–Trinajstić information content (AvgIpc) is 2.55. The van der Waals surface area contributed by atoms with Gasteiger partial charge < -0.3 is 5.11 Å². The topological polar surface area (TPSA) is 37.3 Å². The molecule has 1 aliphatic rings. The highest BCUT2D eigenvalue weighted by atomic mass is 32.2. The summed E-state index contributed by atoms with van der Waals surface area (Å²) in [6.07, 6.45) is 6.81. The van der Waals surface area contributed by atoms with Crippen LogP contribution in [-0.2, 0) is 4.79 Å². The lowest BCUT2D eigenvalue weighted by atomic mass is 10.1. The molecule has 0 bridgehead atoms. The van der Waals surface area contributed by atoms with Crippen molar-refractivity contribution >= 4 is 17.7 Å². The highest BCUT2D eigenvalue weighted by Gasteiger charge is 2.14. The summed E-state index contributed by atoms with van der Waals surface area (Å²) >= 11 is 1.87. The van der Waals surface area contributed by atoms with Crippen molar-refractivity contribution in [2.24, 2.45) is 5.92 Å². The first-order valence-electron chi connectivity index (χ1n) is 5.16. The standard InChI is InChI=1S/C11H18O2S/c1-9(6-11(12)13)7-14-8-10-4-2-3-5-10/h6,10H,2-5,7-8H2,1H3,(H,12,13). The number of carboxylic acids is 1. The van der Waals surface area contributed by atoms with Crippen LogP contribution in [0.25, 0.3) is 0 Å². The average molecular weight is 214 g/mol. The van der Waals surface area contributed by atoms with Gasteiger partial charge in [-0.25, -0.2) is 4.79 Å². The smallest absolute Gasteiger partial charge is 0.328 e. The van der Waals surface area contributed by atoms with Gasteiger partial charge in [0.15, 0.2) is 0 Å². The number of hydrogen-bond donors (Lipinski definition) is 1. The second kappa shape index (κ2) is 6.12. The van der Waals surface area contributed by atoms with Gasteiger partial charge in [0.1, 0.15) is 0 Å². The second-order valence-electron chi connectivity index (χ2n) is 3.99. The lowest BCUT2D eigenvalue weighted by molar-refractivity contribution is -0.131. The van der Waals surface area contributed by atoms with Gasteiger partial charge in [-0.1, -0.05) is 18.4 Å². The molecule has 1 aliphatic carbocycles. The van der Waals surface area contributed by atoms with Crippen LogP contribution in [0.2, 0.25) is 0 Å². The van der Waals surface area contributed by atoms with Crippen LogP contribution >= 0.6 is 11.8 Å². The molecule has 0 aliphatic heterocycles. The molecule has 80 valence electrons. The zero-order valence-corrected chi connectivity index (χ0v) is 9.48. The first-order valence-corrected chi connectivity index (χ1v) is 6.32. The number of hydrogen-bond acceptors (Lipinski definition) is 2. The van der Waals surface area contributed by atoms with Crippen molar-refractivity contribution in [3.63, 3.8) is 0 Å². The van der Waals surface area contributed by atoms with Crippen molar-refractivity contribution in [2.75, 3.05) is 11.5 Å². The molecule has 0 atom stereocenters. The molecule has 1 fully saturated rings. The Morgan fingerprint density at radius 2 is 2.14 bits per heavy atom. The van der Waals surface area contributed by atoms with Gasteiger partial charge in [-0.3, -0.25) is 0 Å². The van der Waals surface area contributed by atoms with Gasteiger partial charge in [0.25, 0.3) is 0 Å². The Hall–Kier alpha value is -0.440. The highest BCUT2D eigenvalue weighted by Crippen LogP contribution is 2.28. The van der Waals surface area contributed by atoms with Gasteiger partial charge >= 0.3 is 5.97 Å². The van der Waals surface area contributed by atoms with E-state index in [1.54, 1.807) is 0 Å². The molecule has 0 aromatic carbocycles. The maximum Gasteiger partial charge on any atom is 0.328 e. The van der Waals surface area contributed by atoms with E-state index < -0.39 is 5.97 Å². The Labute approximate surface area is 89.8 Å². The monoisotopic (exact) mass is 214 g/mol. The summed E-state index contributed by atoms with van der Waals surface area (Å²) in [5, 5.41) is 8.51. The minimum atomic E-state index is -0.830. The summed E-state index contributed by atoms with van der Waals surface area (Å²) in [6.45, 7) is 1.88. The van der Waals surface area contributed by atoms with Gasteiger partial charge in [-0.15, -0.1) is 0 Å². The number of rotatable bonds is 5. The van der Waals surface area contributed by atoms with Crippen LogP contribution in [0.1, 0.15) is 32.6 Å². The summed E-state index contributed by atoms with van der Waals surface area (Å²) < 4.78 is 0. The first kappa shape index (κ1) is 11.6. The number of carboxylic acid groups (broad SMARTS) is 1. The molecule has 3 heteroatoms. The van der Waals surface area contributed by atoms with Gasteiger partial charge in [-0.05, 0) is 31.4 Å². The normalized spacial score (nSPS) is 18.8. The molecule has 0 radical (unpaired) electrons. The Morgan fingerprint density at radius 3 is 2.71 bits per heavy atom. The van der Waals surface area contributed by atoms with E-state index in [9.17, 15) is 4.79 Å². The van der Waals surface area contributed by atoms with Crippen LogP contribution < -0.4 is 0 Å². The van der Waals surface area contributed by atoms with Gasteiger partial charge in [-0.2, -0.15) is 11.8 Å². The van der Waals surface area contributed by atoms with E-state index in [4.69, 9.17) is 5.11 Å². The molecule has 0 spiro atoms. The van der Waals surface area contributed by atoms with Gasteiger partial charge in [0, 0.05) is 11.8 Å². The summed E-state index contributed by atoms with van der Waals surface area (Å²) in [5.74, 6) is 2.12. The van der Waals surface area contributed by atoms with E-state index in [1.807, 2.05) is 18.7 Å². The third kappa shape index (κ3) is 4.70. The molecule has 0 unspecified atom stereocenters. The Morgan fingerprint density at radius 1 is 1.50 bits per heavy atom. The molecule has 1 saturated carbocycles. The maximum atomic E-state index is 10.3. The van der Waals surface area contributed by atoms with Crippen molar-refractivity contribution in [2.45, 2.75) is 32.6 Å². The van der Waals surface area contributed by atoms with E-state index in [2.05, 4.69) is 0 Å². The van der Waals surface area contributed by atoms with Crippen molar-refractivity contribution < 1.29 is 9.90 Å². The summed E-state index contributed by atoms with van der Waals surface area (Å²) in [7, 11) is 0. The molecule has 1 N–H and O–H groups in total. The van der Waals surface area contributed by atoms with E-state index >= 15 is 0 Å². The van der Waals surface area contributed by atoms with E-state index in [0.29, 0.717) is 0 Å². The highest BCUT2D eigenvalue weighted by molar-refractivity contribution is 7.99. The summed E-state index contributed by atoms with van der Waals surface area (Å²) in [6, 6.07) is 0. The molecular formula is C11H18O2S. The largest absolute Gasteiger partial charge is 0.478 e. The molecule has 0 aromatic rings. The number of aliphatic carboxylic acids is 1. The van der Waals surface area contributed by atoms with E-state index in [-0.39, 0.29) is 0 Å². The maximum absolute atomic E-state index is 10.3. The predicted molar refractivity (Wildman–Crippen MR) is 60.7 cm³/mol. The van der Waals surface area contributed by atoms with Crippen LogP contribution in [-0.4, -0.2) is 22.6 Å². The fraction of sp³-hybridized carbons (Fsp3) is 0.727. The fourth-order valence-corrected chi connectivity index (χ4v) is 3.01. The van der Waals surface area contributed by atoms with E-state index in [1.165, 1.54) is 37.5 Å². The molecule has 0 aromatic heterocycles. The molecule has 0 amide bonds. The Bertz CT molecular complexity index is 217. The van der Waals surface area contributed by atoms with Crippen LogP contribution in [0.5, 0.6) is 0 Å². The molecule has 0 heterocycles. The lowest BCUT2D eigenvalue weighted by Crippen LogP contribution is -1.99. The molecule has 14 heavy (non-hydrogen) atoms. The van der Waals surface area contributed by atoms with Crippen LogP contribution in [0.15, 0.2) is 11.6 Å². The number of thioether (sulfide) groups is 1. The molecule has 1 rings (SSSR count). The second-order valence-corrected chi connectivity index (χ2v) is 5.02. The van der Waals surface area contributed by atoms with Crippen molar-refractivity contribution in [3.8, 4) is 0 Å². The Balaban J connectivity index is 2.11. The van der Waals surface area contributed by atoms with Crippen LogP contribution in [0.4, 0.5) is 0 Å². The third-order valence-electron chi connectivity index (χ3n) is 2.53. The van der Waals surface area contributed by atoms with Gasteiger partial charge in [0.2, 0.25) is 0 Å². The number of carbonyl (C=O) groups is 1. The van der Waals surface area contributed by atoms with Crippen molar-refractivity contribution in [1.82, 2.24) is 0 Å². The molecule has 2 nitrogen and oxygen atoms in total. The third-order valence-corrected chi connectivity index (χ3v) is 3.89. The lowest BCUT2D eigenvalue weighted by Gasteiger charge is -2.07. The molecule has 0 saturated heterocycles. The fourth-order valence-electron chi connectivity index (χ4n) is 1.82. The van der Waals surface area contributed by atoms with Gasteiger partial charge in [0.05, 0.1) is 0 Å². The predicted octanol–water partition coefficient (Wildman–Crippen LogP) is 2.94. The van der Waals surface area contributed by atoms with Crippen LogP contribution in [0, 0.1) is 5.92 Å². The van der Waals surface area contributed by atoms with Crippen molar-refractivity contribution in [1.29, 1.82) is 0 Å². The minimum Gasteiger partial charge on any atom is -0.478 e. The minimum absolute atomic E-state index is 0.830. The zero-order valence-electron chi connectivity index (χ0n) is 8.66. The van der Waals surface area contributed by atoms with Crippen molar-refractivity contribution in [3.05, 3.63) is 11.6 Å². The Kier molecular flexibility index (Phi) is 5.09. The van der Waals surface area contributed by atoms with E-state index in [0.717, 1.165) is 17.2 Å². The summed E-state index contributed by atoms with van der Waals surface area (Å²) in [4.78, 5) is 10.3. The zero-order chi connectivity index (χ0) is 10.4. The quantitative estimate of drug-likeness (QED) is 0.715. The SMILES string of the molecule is CC(=CC(=O)O)CSCC1CCCC1. The molecular weight excluding hydrogens is 196 g/mol. The summed E-state index contributed by atoms with van der Waals surface area (Å²) in [5.41, 5.74) is 0.959. The first-order chi connectivity index (χ1) is 6.68.